The number of benzene rings is 1. The number of nitrogens with one attached hydrogen (secondary N) is 1. The standard InChI is InChI=1S/C12H20N4O4/c1-8(17)15(9(2)18)10-3-4-11(14-6-5-13)12(7-10)16(19)20/h3-4,7-9,14,17-18H,5-6,13H2,1-2H3. The molecule has 0 bridgehead atoms. The molecule has 5 N–H and O–H groups in total. The Morgan fingerprint density at radius 3 is 2.45 bits per heavy atom. The van der Waals surface area contributed by atoms with Gasteiger partial charge in [-0.2, -0.15) is 0 Å². The van der Waals surface area contributed by atoms with Crippen molar-refractivity contribution in [2.24, 2.45) is 5.73 Å². The van der Waals surface area contributed by atoms with Crippen LogP contribution < -0.4 is 16.0 Å². The number of hydrogen-bond donors (Lipinski definition) is 4. The van der Waals surface area contributed by atoms with Crippen molar-refractivity contribution in [1.82, 2.24) is 0 Å². The van der Waals surface area contributed by atoms with Crippen molar-refractivity contribution >= 4 is 17.1 Å². The molecule has 0 spiro atoms. The molecule has 8 nitrogen and oxygen atoms in total. The highest BCUT2D eigenvalue weighted by molar-refractivity contribution is 5.68. The molecule has 112 valence electrons. The molecule has 1 aromatic carbocycles. The van der Waals surface area contributed by atoms with Gasteiger partial charge in [0.2, 0.25) is 0 Å². The first-order valence-electron chi connectivity index (χ1n) is 6.25. The van der Waals surface area contributed by atoms with Crippen LogP contribution in [-0.2, 0) is 0 Å². The summed E-state index contributed by atoms with van der Waals surface area (Å²) in [7, 11) is 0. The maximum absolute atomic E-state index is 11.1. The minimum Gasteiger partial charge on any atom is -0.378 e. The minimum atomic E-state index is -0.975. The molecule has 0 aliphatic heterocycles. The van der Waals surface area contributed by atoms with E-state index in [1.165, 1.54) is 30.9 Å². The summed E-state index contributed by atoms with van der Waals surface area (Å²) in [6, 6.07) is 4.42. The number of rotatable bonds is 7. The third kappa shape index (κ3) is 3.80. The largest absolute Gasteiger partial charge is 0.378 e. The zero-order valence-electron chi connectivity index (χ0n) is 11.5. The fourth-order valence-electron chi connectivity index (χ4n) is 1.93. The summed E-state index contributed by atoms with van der Waals surface area (Å²) in [5.74, 6) is 0. The van der Waals surface area contributed by atoms with Crippen LogP contribution >= 0.6 is 0 Å². The van der Waals surface area contributed by atoms with Crippen molar-refractivity contribution in [2.75, 3.05) is 23.3 Å². The molecule has 0 fully saturated rings. The lowest BCUT2D eigenvalue weighted by atomic mass is 10.2. The quantitative estimate of drug-likeness (QED) is 0.325. The Labute approximate surface area is 117 Å². The number of aliphatic hydroxyl groups excluding tert-OH is 2. The highest BCUT2D eigenvalue weighted by Crippen LogP contribution is 2.30. The van der Waals surface area contributed by atoms with Crippen molar-refractivity contribution < 1.29 is 15.1 Å². The van der Waals surface area contributed by atoms with Crippen molar-refractivity contribution in [1.29, 1.82) is 0 Å². The number of nitro groups is 1. The first-order chi connectivity index (χ1) is 9.38. The second kappa shape index (κ2) is 7.04. The smallest absolute Gasteiger partial charge is 0.294 e. The molecule has 0 aliphatic rings. The monoisotopic (exact) mass is 284 g/mol. The first kappa shape index (κ1) is 16.2. The fourth-order valence-corrected chi connectivity index (χ4v) is 1.93. The minimum absolute atomic E-state index is 0.137. The molecule has 0 saturated heterocycles. The third-order valence-electron chi connectivity index (χ3n) is 2.74. The van der Waals surface area contributed by atoms with Crippen LogP contribution in [0.15, 0.2) is 18.2 Å². The third-order valence-corrected chi connectivity index (χ3v) is 2.74. The van der Waals surface area contributed by atoms with Crippen LogP contribution in [-0.4, -0.2) is 40.7 Å². The summed E-state index contributed by atoms with van der Waals surface area (Å²) in [6.07, 6.45) is -1.95. The van der Waals surface area contributed by atoms with Gasteiger partial charge in [0.15, 0.2) is 0 Å². The molecule has 20 heavy (non-hydrogen) atoms. The molecule has 0 aromatic heterocycles. The lowest BCUT2D eigenvalue weighted by molar-refractivity contribution is -0.383. The number of nitro benzene ring substituents is 1. The Balaban J connectivity index is 3.18. The van der Waals surface area contributed by atoms with E-state index in [0.29, 0.717) is 24.5 Å². The highest BCUT2D eigenvalue weighted by atomic mass is 16.6. The molecule has 0 amide bonds. The zero-order valence-corrected chi connectivity index (χ0v) is 11.5. The van der Waals surface area contributed by atoms with Crippen LogP contribution in [0.25, 0.3) is 0 Å². The van der Waals surface area contributed by atoms with E-state index >= 15 is 0 Å². The Morgan fingerprint density at radius 2 is 2.00 bits per heavy atom. The van der Waals surface area contributed by atoms with Gasteiger partial charge in [0, 0.05) is 24.8 Å². The lowest BCUT2D eigenvalue weighted by Gasteiger charge is -2.30. The predicted octanol–water partition coefficient (Wildman–Crippen LogP) is 0.448. The second-order valence-electron chi connectivity index (χ2n) is 4.35. The molecule has 0 radical (unpaired) electrons. The van der Waals surface area contributed by atoms with E-state index in [-0.39, 0.29) is 5.69 Å². The molecule has 8 heteroatoms. The maximum Gasteiger partial charge on any atom is 0.294 e. The Kier molecular flexibility index (Phi) is 5.68. The molecule has 0 heterocycles. The summed E-state index contributed by atoms with van der Waals surface area (Å²) < 4.78 is 0. The van der Waals surface area contributed by atoms with E-state index in [4.69, 9.17) is 5.73 Å². The van der Waals surface area contributed by atoms with Crippen LogP contribution in [0.2, 0.25) is 0 Å². The lowest BCUT2D eigenvalue weighted by Crippen LogP contribution is -2.40. The Bertz CT molecular complexity index is 457. The van der Waals surface area contributed by atoms with E-state index in [2.05, 4.69) is 5.32 Å². The van der Waals surface area contributed by atoms with Crippen LogP contribution in [0.5, 0.6) is 0 Å². The van der Waals surface area contributed by atoms with Gasteiger partial charge in [-0.05, 0) is 26.0 Å². The molecule has 2 unspecified atom stereocenters. The van der Waals surface area contributed by atoms with Crippen molar-refractivity contribution in [3.8, 4) is 0 Å². The Morgan fingerprint density at radius 1 is 1.40 bits per heavy atom. The molecule has 1 aromatic rings. The fraction of sp³-hybridized carbons (Fsp3) is 0.500. The van der Waals surface area contributed by atoms with Crippen LogP contribution in [0.4, 0.5) is 17.1 Å². The number of anilines is 2. The van der Waals surface area contributed by atoms with Gasteiger partial charge < -0.3 is 26.2 Å². The van der Waals surface area contributed by atoms with E-state index in [0.717, 1.165) is 0 Å². The summed E-state index contributed by atoms with van der Waals surface area (Å²) in [5, 5.41) is 33.2. The van der Waals surface area contributed by atoms with Gasteiger partial charge in [-0.15, -0.1) is 0 Å². The zero-order chi connectivity index (χ0) is 15.3. The Hall–Kier alpha value is -1.90. The summed E-state index contributed by atoms with van der Waals surface area (Å²) in [5.41, 5.74) is 5.93. The first-order valence-corrected chi connectivity index (χ1v) is 6.25. The van der Waals surface area contributed by atoms with Gasteiger partial charge in [0.05, 0.1) is 4.92 Å². The second-order valence-corrected chi connectivity index (χ2v) is 4.35. The molecular weight excluding hydrogens is 264 g/mol. The highest BCUT2D eigenvalue weighted by Gasteiger charge is 2.21. The summed E-state index contributed by atoms with van der Waals surface area (Å²) >= 11 is 0. The van der Waals surface area contributed by atoms with E-state index in [1.54, 1.807) is 6.07 Å². The molecule has 0 saturated carbocycles. The summed E-state index contributed by atoms with van der Waals surface area (Å²) in [6.45, 7) is 3.71. The SMILES string of the molecule is CC(O)N(c1ccc(NCCN)c([N+](=O)[O-])c1)C(C)O. The van der Waals surface area contributed by atoms with E-state index in [1.807, 2.05) is 0 Å². The van der Waals surface area contributed by atoms with Gasteiger partial charge in [0.25, 0.3) is 5.69 Å². The number of nitrogens with two attached hydrogens (primary N) is 1. The molecule has 2 atom stereocenters. The average Bonchev–Trinajstić information content (AvgIpc) is 2.36. The van der Waals surface area contributed by atoms with Gasteiger partial charge in [-0.3, -0.25) is 10.1 Å². The molecular formula is C12H20N4O4. The number of nitrogens with zero attached hydrogens (tertiary/aromatic N) is 2. The van der Waals surface area contributed by atoms with Crippen molar-refractivity contribution in [2.45, 2.75) is 26.3 Å². The maximum atomic E-state index is 11.1. The molecule has 1 rings (SSSR count). The molecule has 0 aliphatic carbocycles. The van der Waals surface area contributed by atoms with Gasteiger partial charge in [-0.1, -0.05) is 0 Å². The van der Waals surface area contributed by atoms with Crippen LogP contribution in [0.1, 0.15) is 13.8 Å². The normalized spacial score (nSPS) is 13.7. The van der Waals surface area contributed by atoms with Crippen molar-refractivity contribution in [3.63, 3.8) is 0 Å². The van der Waals surface area contributed by atoms with Crippen molar-refractivity contribution in [3.05, 3.63) is 28.3 Å². The van der Waals surface area contributed by atoms with E-state index in [9.17, 15) is 20.3 Å². The van der Waals surface area contributed by atoms with Gasteiger partial charge >= 0.3 is 0 Å². The topological polar surface area (TPSA) is 125 Å². The summed E-state index contributed by atoms with van der Waals surface area (Å²) in [4.78, 5) is 11.8. The van der Waals surface area contributed by atoms with E-state index < -0.39 is 17.4 Å². The average molecular weight is 284 g/mol. The predicted molar refractivity (Wildman–Crippen MR) is 76.5 cm³/mol. The van der Waals surface area contributed by atoms with Crippen LogP contribution in [0.3, 0.4) is 0 Å². The van der Waals surface area contributed by atoms with Gasteiger partial charge in [-0.25, -0.2) is 0 Å². The number of hydrogen-bond acceptors (Lipinski definition) is 7. The van der Waals surface area contributed by atoms with Gasteiger partial charge in [0.1, 0.15) is 18.1 Å². The number of aliphatic hydroxyl groups is 2. The van der Waals surface area contributed by atoms with Crippen LogP contribution in [0, 0.1) is 10.1 Å².